The fourth-order valence-electron chi connectivity index (χ4n) is 3.65. The number of esters is 1. The van der Waals surface area contributed by atoms with Crippen molar-refractivity contribution in [3.63, 3.8) is 0 Å². The lowest BCUT2D eigenvalue weighted by Gasteiger charge is -2.45. The summed E-state index contributed by atoms with van der Waals surface area (Å²) in [6.45, 7) is 1.97. The van der Waals surface area contributed by atoms with E-state index in [2.05, 4.69) is 11.4 Å². The molecule has 0 saturated heterocycles. The number of nitriles is 1. The lowest BCUT2D eigenvalue weighted by atomic mass is 9.76. The molecule has 0 unspecified atom stereocenters. The fraction of sp³-hybridized carbons (Fsp3) is 0.412. The summed E-state index contributed by atoms with van der Waals surface area (Å²) >= 11 is 0. The topological polar surface area (TPSA) is 108 Å². The van der Waals surface area contributed by atoms with Crippen LogP contribution < -0.4 is 5.32 Å². The van der Waals surface area contributed by atoms with Crippen molar-refractivity contribution < 1.29 is 14.5 Å². The maximum atomic E-state index is 12.4. The zero-order valence-corrected chi connectivity index (χ0v) is 13.9. The normalized spacial score (nSPS) is 24.1. The predicted molar refractivity (Wildman–Crippen MR) is 89.4 cm³/mol. The van der Waals surface area contributed by atoms with Crippen molar-refractivity contribution in [3.05, 3.63) is 45.6 Å². The third kappa shape index (κ3) is 2.89. The zero-order chi connectivity index (χ0) is 18.1. The molecule has 0 fully saturated rings. The smallest absolute Gasteiger partial charge is 0.328 e. The molecule has 0 bridgehead atoms. The van der Waals surface area contributed by atoms with Crippen LogP contribution >= 0.6 is 0 Å². The maximum absolute atomic E-state index is 12.4. The molecule has 1 aromatic carbocycles. The number of fused-ring (bicyclic) bond motifs is 3. The summed E-state index contributed by atoms with van der Waals surface area (Å²) < 4.78 is 5.17. The van der Waals surface area contributed by atoms with Crippen molar-refractivity contribution in [2.24, 2.45) is 5.92 Å². The number of nitrogens with zero attached hydrogens (tertiary/aromatic N) is 3. The van der Waals surface area contributed by atoms with Crippen LogP contribution in [0.4, 0.5) is 11.4 Å². The Hall–Kier alpha value is -3.08. The van der Waals surface area contributed by atoms with Crippen molar-refractivity contribution in [2.45, 2.75) is 25.4 Å². The number of rotatable bonds is 3. The summed E-state index contributed by atoms with van der Waals surface area (Å²) in [4.78, 5) is 24.9. The van der Waals surface area contributed by atoms with Gasteiger partial charge in [0.15, 0.2) is 0 Å². The van der Waals surface area contributed by atoms with Gasteiger partial charge in [-0.05, 0) is 25.0 Å². The van der Waals surface area contributed by atoms with Crippen molar-refractivity contribution in [2.75, 3.05) is 19.0 Å². The number of anilines is 1. The first-order chi connectivity index (χ1) is 12.0. The molecule has 2 heterocycles. The average Bonchev–Trinajstić information content (AvgIpc) is 2.60. The number of hydrogen-bond donors (Lipinski definition) is 1. The van der Waals surface area contributed by atoms with Gasteiger partial charge in [-0.2, -0.15) is 5.26 Å². The molecular formula is C17H18N4O4. The van der Waals surface area contributed by atoms with Crippen molar-refractivity contribution in [1.29, 1.82) is 5.26 Å². The molecule has 3 atom stereocenters. The monoisotopic (exact) mass is 342 g/mol. The highest BCUT2D eigenvalue weighted by Gasteiger charge is 2.45. The Labute approximate surface area is 144 Å². The van der Waals surface area contributed by atoms with Gasteiger partial charge in [0.25, 0.3) is 5.69 Å². The second-order valence-corrected chi connectivity index (χ2v) is 6.15. The molecule has 8 nitrogen and oxygen atoms in total. The van der Waals surface area contributed by atoms with E-state index in [1.807, 2.05) is 11.9 Å². The molecule has 8 heteroatoms. The molecule has 0 amide bonds. The molecule has 2 aliphatic heterocycles. The summed E-state index contributed by atoms with van der Waals surface area (Å²) in [5, 5.41) is 23.4. The largest absolute Gasteiger partial charge is 0.464 e. The summed E-state index contributed by atoms with van der Waals surface area (Å²) in [5.41, 5.74) is 1.96. The second-order valence-electron chi connectivity index (χ2n) is 6.15. The minimum atomic E-state index is -0.668. The van der Waals surface area contributed by atoms with Gasteiger partial charge in [-0.1, -0.05) is 0 Å². The van der Waals surface area contributed by atoms with Gasteiger partial charge in [-0.3, -0.25) is 10.1 Å². The first-order valence-corrected chi connectivity index (χ1v) is 8.00. The van der Waals surface area contributed by atoms with E-state index in [0.29, 0.717) is 17.7 Å². The number of allylic oxidation sites excluding steroid dienone is 1. The molecular weight excluding hydrogens is 324 g/mol. The van der Waals surface area contributed by atoms with Crippen LogP contribution in [0.25, 0.3) is 0 Å². The quantitative estimate of drug-likeness (QED) is 0.510. The molecule has 0 saturated carbocycles. The van der Waals surface area contributed by atoms with E-state index in [9.17, 15) is 20.2 Å². The van der Waals surface area contributed by atoms with Gasteiger partial charge in [-0.25, -0.2) is 4.79 Å². The van der Waals surface area contributed by atoms with Crippen LogP contribution in [0.1, 0.15) is 24.9 Å². The lowest BCUT2D eigenvalue weighted by Crippen LogP contribution is -2.49. The van der Waals surface area contributed by atoms with E-state index in [1.54, 1.807) is 19.2 Å². The van der Waals surface area contributed by atoms with Crippen LogP contribution in [-0.2, 0) is 9.53 Å². The van der Waals surface area contributed by atoms with E-state index >= 15 is 0 Å². The number of benzene rings is 1. The van der Waals surface area contributed by atoms with Gasteiger partial charge in [-0.15, -0.1) is 0 Å². The lowest BCUT2D eigenvalue weighted by molar-refractivity contribution is -0.384. The molecule has 1 N–H and O–H groups in total. The molecule has 1 aromatic rings. The molecule has 2 aliphatic rings. The number of nitro benzene ring substituents is 1. The first-order valence-electron chi connectivity index (χ1n) is 8.00. The van der Waals surface area contributed by atoms with Gasteiger partial charge in [0.2, 0.25) is 0 Å². The van der Waals surface area contributed by atoms with Crippen LogP contribution in [0.3, 0.4) is 0 Å². The summed E-state index contributed by atoms with van der Waals surface area (Å²) in [6.07, 6.45) is 2.21. The van der Waals surface area contributed by atoms with Gasteiger partial charge >= 0.3 is 5.97 Å². The summed E-state index contributed by atoms with van der Waals surface area (Å²) in [7, 11) is 1.84. The fourth-order valence-corrected chi connectivity index (χ4v) is 3.65. The van der Waals surface area contributed by atoms with E-state index < -0.39 is 16.9 Å². The number of non-ortho nitro benzene ring substituents is 1. The molecule has 0 spiro atoms. The second kappa shape index (κ2) is 6.43. The van der Waals surface area contributed by atoms with Crippen LogP contribution in [0, 0.1) is 27.4 Å². The minimum Gasteiger partial charge on any atom is -0.464 e. The van der Waals surface area contributed by atoms with Gasteiger partial charge in [0.1, 0.15) is 6.04 Å². The predicted octanol–water partition coefficient (Wildman–Crippen LogP) is 2.35. The molecule has 0 radical (unpaired) electrons. The van der Waals surface area contributed by atoms with Crippen molar-refractivity contribution >= 4 is 17.3 Å². The first kappa shape index (κ1) is 16.8. The Morgan fingerprint density at radius 1 is 1.56 bits per heavy atom. The van der Waals surface area contributed by atoms with Crippen molar-refractivity contribution in [1.82, 2.24) is 4.90 Å². The highest BCUT2D eigenvalue weighted by Crippen LogP contribution is 2.46. The Morgan fingerprint density at radius 2 is 2.32 bits per heavy atom. The van der Waals surface area contributed by atoms with E-state index in [1.165, 1.54) is 12.1 Å². The van der Waals surface area contributed by atoms with Crippen LogP contribution in [0.2, 0.25) is 0 Å². The number of carbonyl (C=O) groups excluding carboxylic acids is 1. The van der Waals surface area contributed by atoms with Crippen LogP contribution in [0.15, 0.2) is 30.0 Å². The Bertz CT molecular complexity index is 798. The van der Waals surface area contributed by atoms with Gasteiger partial charge in [0, 0.05) is 42.6 Å². The van der Waals surface area contributed by atoms with Crippen LogP contribution in [0.5, 0.6) is 0 Å². The van der Waals surface area contributed by atoms with Crippen molar-refractivity contribution in [3.8, 4) is 6.07 Å². The zero-order valence-electron chi connectivity index (χ0n) is 13.9. The van der Waals surface area contributed by atoms with Crippen LogP contribution in [-0.4, -0.2) is 35.5 Å². The molecule has 25 heavy (non-hydrogen) atoms. The van der Waals surface area contributed by atoms with E-state index in [0.717, 1.165) is 5.56 Å². The summed E-state index contributed by atoms with van der Waals surface area (Å²) in [6, 6.07) is 5.93. The molecule has 130 valence electrons. The Balaban J connectivity index is 2.09. The van der Waals surface area contributed by atoms with Gasteiger partial charge < -0.3 is 15.0 Å². The third-order valence-electron chi connectivity index (χ3n) is 4.65. The van der Waals surface area contributed by atoms with Gasteiger partial charge in [0.05, 0.1) is 23.6 Å². The maximum Gasteiger partial charge on any atom is 0.328 e. The summed E-state index contributed by atoms with van der Waals surface area (Å²) in [5.74, 6) is -0.611. The molecule has 0 aromatic heterocycles. The highest BCUT2D eigenvalue weighted by atomic mass is 16.6. The number of nitro groups is 1. The average molecular weight is 342 g/mol. The third-order valence-corrected chi connectivity index (χ3v) is 4.65. The number of ether oxygens (including phenoxy) is 1. The Kier molecular flexibility index (Phi) is 4.31. The highest BCUT2D eigenvalue weighted by molar-refractivity contribution is 5.82. The minimum absolute atomic E-state index is 0.0426. The number of carbonyl (C=O) groups is 1. The standard InChI is InChI=1S/C17H18N4O4/c1-3-25-17(22)15-13-6-10(8-18)9-20(2)16(13)12-5-4-11(21(23)24)7-14(12)19-15/h4-5,7,9,13,15-16,19H,3,6H2,1-2H3/t13-,15-,16+/m0/s1. The molecule has 3 rings (SSSR count). The molecule has 0 aliphatic carbocycles. The Morgan fingerprint density at radius 3 is 2.96 bits per heavy atom. The number of hydrogen-bond acceptors (Lipinski definition) is 7. The van der Waals surface area contributed by atoms with E-state index in [-0.39, 0.29) is 24.3 Å². The van der Waals surface area contributed by atoms with E-state index in [4.69, 9.17) is 4.74 Å². The SMILES string of the molecule is CCOC(=O)[C@H]1Nc2cc([N+](=O)[O-])ccc2[C@@H]2[C@H]1CC(C#N)=CN2C. The number of nitrogens with one attached hydrogen (secondary N) is 1.